The minimum atomic E-state index is 0.657. The second-order valence-corrected chi connectivity index (χ2v) is 6.86. The van der Waals surface area contributed by atoms with Gasteiger partial charge in [0.1, 0.15) is 0 Å². The average molecular weight is 328 g/mol. The SMILES string of the molecule is COCCOCCOCCN1CCC(CN2CCCCC2)CC1. The highest BCUT2D eigenvalue weighted by Gasteiger charge is 2.21. The number of methoxy groups -OCH3 is 1. The monoisotopic (exact) mass is 328 g/mol. The highest BCUT2D eigenvalue weighted by molar-refractivity contribution is 4.76. The van der Waals surface area contributed by atoms with E-state index in [-0.39, 0.29) is 0 Å². The molecule has 23 heavy (non-hydrogen) atoms. The lowest BCUT2D eigenvalue weighted by Gasteiger charge is -2.36. The molecule has 0 radical (unpaired) electrons. The summed E-state index contributed by atoms with van der Waals surface area (Å²) >= 11 is 0. The zero-order chi connectivity index (χ0) is 16.2. The number of likely N-dealkylation sites (tertiary alicyclic amines) is 2. The Morgan fingerprint density at radius 2 is 1.39 bits per heavy atom. The van der Waals surface area contributed by atoms with Gasteiger partial charge in [0.2, 0.25) is 0 Å². The molecule has 0 atom stereocenters. The Kier molecular flexibility index (Phi) is 10.1. The second kappa shape index (κ2) is 12.2. The normalized spacial score (nSPS) is 21.8. The minimum Gasteiger partial charge on any atom is -0.382 e. The van der Waals surface area contributed by atoms with Gasteiger partial charge in [-0.2, -0.15) is 0 Å². The van der Waals surface area contributed by atoms with Gasteiger partial charge in [-0.15, -0.1) is 0 Å². The van der Waals surface area contributed by atoms with Crippen LogP contribution in [0.1, 0.15) is 32.1 Å². The van der Waals surface area contributed by atoms with Crippen molar-refractivity contribution in [2.45, 2.75) is 32.1 Å². The van der Waals surface area contributed by atoms with Crippen molar-refractivity contribution in [3.8, 4) is 0 Å². The van der Waals surface area contributed by atoms with Crippen LogP contribution in [-0.2, 0) is 14.2 Å². The molecule has 0 bridgehead atoms. The van der Waals surface area contributed by atoms with Crippen LogP contribution in [0.4, 0.5) is 0 Å². The average Bonchev–Trinajstić information content (AvgIpc) is 2.60. The van der Waals surface area contributed by atoms with Gasteiger partial charge in [-0.3, -0.25) is 0 Å². The quantitative estimate of drug-likeness (QED) is 0.541. The van der Waals surface area contributed by atoms with Crippen molar-refractivity contribution in [3.05, 3.63) is 0 Å². The Morgan fingerprint density at radius 3 is 2.09 bits per heavy atom. The van der Waals surface area contributed by atoms with Crippen molar-refractivity contribution in [1.29, 1.82) is 0 Å². The maximum Gasteiger partial charge on any atom is 0.0701 e. The Bertz CT molecular complexity index is 277. The van der Waals surface area contributed by atoms with E-state index in [4.69, 9.17) is 14.2 Å². The predicted molar refractivity (Wildman–Crippen MR) is 93.0 cm³/mol. The largest absolute Gasteiger partial charge is 0.382 e. The van der Waals surface area contributed by atoms with Crippen molar-refractivity contribution in [2.24, 2.45) is 5.92 Å². The molecule has 0 amide bonds. The van der Waals surface area contributed by atoms with E-state index in [0.29, 0.717) is 26.4 Å². The molecule has 5 nitrogen and oxygen atoms in total. The number of ether oxygens (including phenoxy) is 3. The highest BCUT2D eigenvalue weighted by atomic mass is 16.5. The van der Waals surface area contributed by atoms with Gasteiger partial charge in [-0.1, -0.05) is 6.42 Å². The van der Waals surface area contributed by atoms with Crippen molar-refractivity contribution in [3.63, 3.8) is 0 Å². The lowest BCUT2D eigenvalue weighted by Crippen LogP contribution is -2.41. The van der Waals surface area contributed by atoms with E-state index in [1.165, 1.54) is 64.8 Å². The fourth-order valence-corrected chi connectivity index (χ4v) is 3.56. The van der Waals surface area contributed by atoms with Gasteiger partial charge >= 0.3 is 0 Å². The van der Waals surface area contributed by atoms with Crippen LogP contribution in [0.3, 0.4) is 0 Å². The standard InChI is InChI=1S/C18H36N2O3/c1-21-13-14-23-16-15-22-12-11-19-9-5-18(6-10-19)17-20-7-3-2-4-8-20/h18H,2-17H2,1H3. The van der Waals surface area contributed by atoms with Crippen molar-refractivity contribution < 1.29 is 14.2 Å². The Hall–Kier alpha value is -0.200. The molecular weight excluding hydrogens is 292 g/mol. The molecule has 5 heteroatoms. The van der Waals surface area contributed by atoms with Crippen LogP contribution < -0.4 is 0 Å². The van der Waals surface area contributed by atoms with Gasteiger partial charge in [-0.05, 0) is 57.8 Å². The zero-order valence-electron chi connectivity index (χ0n) is 15.0. The lowest BCUT2D eigenvalue weighted by atomic mass is 9.95. The second-order valence-electron chi connectivity index (χ2n) is 6.86. The molecule has 2 aliphatic rings. The summed E-state index contributed by atoms with van der Waals surface area (Å²) in [6.07, 6.45) is 6.97. The van der Waals surface area contributed by atoms with Gasteiger partial charge in [0.15, 0.2) is 0 Å². The first-order chi connectivity index (χ1) is 11.4. The number of rotatable bonds is 11. The van der Waals surface area contributed by atoms with Crippen molar-refractivity contribution in [1.82, 2.24) is 9.80 Å². The Labute approximate surface area is 142 Å². The summed E-state index contributed by atoms with van der Waals surface area (Å²) in [6.45, 7) is 11.1. The number of hydrogen-bond donors (Lipinski definition) is 0. The van der Waals surface area contributed by atoms with Gasteiger partial charge < -0.3 is 24.0 Å². The number of hydrogen-bond acceptors (Lipinski definition) is 5. The molecule has 2 fully saturated rings. The molecule has 2 rings (SSSR count). The van der Waals surface area contributed by atoms with E-state index in [1.54, 1.807) is 7.11 Å². The van der Waals surface area contributed by atoms with E-state index in [0.717, 1.165) is 19.1 Å². The summed E-state index contributed by atoms with van der Waals surface area (Å²) in [5.41, 5.74) is 0. The van der Waals surface area contributed by atoms with E-state index in [9.17, 15) is 0 Å². The van der Waals surface area contributed by atoms with E-state index in [2.05, 4.69) is 9.80 Å². The third-order valence-corrected chi connectivity index (χ3v) is 5.03. The maximum atomic E-state index is 5.65. The van der Waals surface area contributed by atoms with Crippen LogP contribution >= 0.6 is 0 Å². The fraction of sp³-hybridized carbons (Fsp3) is 1.00. The Morgan fingerprint density at radius 1 is 0.739 bits per heavy atom. The molecule has 0 saturated carbocycles. The summed E-state index contributed by atoms with van der Waals surface area (Å²) < 4.78 is 16.0. The summed E-state index contributed by atoms with van der Waals surface area (Å²) in [4.78, 5) is 5.25. The van der Waals surface area contributed by atoms with Crippen LogP contribution in [-0.4, -0.2) is 89.2 Å². The maximum absolute atomic E-state index is 5.65. The number of nitrogens with zero attached hydrogens (tertiary/aromatic N) is 2. The van der Waals surface area contributed by atoms with E-state index < -0.39 is 0 Å². The first kappa shape index (κ1) is 19.1. The molecule has 0 aliphatic carbocycles. The van der Waals surface area contributed by atoms with Crippen LogP contribution in [0.5, 0.6) is 0 Å². The van der Waals surface area contributed by atoms with Gasteiger partial charge in [0, 0.05) is 20.2 Å². The summed E-state index contributed by atoms with van der Waals surface area (Å²) in [5, 5.41) is 0. The van der Waals surface area contributed by atoms with Gasteiger partial charge in [0.25, 0.3) is 0 Å². The molecule has 0 aromatic heterocycles. The molecule has 0 N–H and O–H groups in total. The third-order valence-electron chi connectivity index (χ3n) is 5.03. The minimum absolute atomic E-state index is 0.657. The third kappa shape index (κ3) is 8.45. The number of piperidine rings is 2. The van der Waals surface area contributed by atoms with Crippen LogP contribution in [0.25, 0.3) is 0 Å². The molecule has 2 saturated heterocycles. The van der Waals surface area contributed by atoms with Crippen LogP contribution in [0.2, 0.25) is 0 Å². The summed E-state index contributed by atoms with van der Waals surface area (Å²) in [5.74, 6) is 0.916. The predicted octanol–water partition coefficient (Wildman–Crippen LogP) is 1.86. The molecule has 0 aromatic rings. The van der Waals surface area contributed by atoms with Crippen molar-refractivity contribution in [2.75, 3.05) is 79.4 Å². The van der Waals surface area contributed by atoms with Gasteiger partial charge in [-0.25, -0.2) is 0 Å². The highest BCUT2D eigenvalue weighted by Crippen LogP contribution is 2.20. The smallest absolute Gasteiger partial charge is 0.0701 e. The van der Waals surface area contributed by atoms with E-state index >= 15 is 0 Å². The molecular formula is C18H36N2O3. The van der Waals surface area contributed by atoms with Crippen LogP contribution in [0.15, 0.2) is 0 Å². The lowest BCUT2D eigenvalue weighted by molar-refractivity contribution is 0.0166. The molecule has 0 aromatic carbocycles. The molecule has 0 unspecified atom stereocenters. The van der Waals surface area contributed by atoms with E-state index in [1.807, 2.05) is 0 Å². The van der Waals surface area contributed by atoms with Crippen molar-refractivity contribution >= 4 is 0 Å². The molecule has 0 spiro atoms. The molecule has 2 aliphatic heterocycles. The first-order valence-corrected chi connectivity index (χ1v) is 9.47. The fourth-order valence-electron chi connectivity index (χ4n) is 3.56. The summed E-state index contributed by atoms with van der Waals surface area (Å²) in [6, 6.07) is 0. The first-order valence-electron chi connectivity index (χ1n) is 9.47. The van der Waals surface area contributed by atoms with Gasteiger partial charge in [0.05, 0.1) is 33.0 Å². The summed E-state index contributed by atoms with van der Waals surface area (Å²) in [7, 11) is 1.69. The molecule has 2 heterocycles. The topological polar surface area (TPSA) is 34.2 Å². The zero-order valence-corrected chi connectivity index (χ0v) is 15.0. The van der Waals surface area contributed by atoms with Crippen LogP contribution in [0, 0.1) is 5.92 Å². The Balaban J connectivity index is 1.42. The molecule has 136 valence electrons.